The number of carbonyl (C=O) groups is 2. The van der Waals surface area contributed by atoms with Gasteiger partial charge in [-0.3, -0.25) is 9.59 Å². The molecule has 0 saturated carbocycles. The lowest BCUT2D eigenvalue weighted by Gasteiger charge is -2.16. The van der Waals surface area contributed by atoms with E-state index in [0.29, 0.717) is 18.4 Å². The highest BCUT2D eigenvalue weighted by Crippen LogP contribution is 2.29. The first-order valence-corrected chi connectivity index (χ1v) is 11.6. The van der Waals surface area contributed by atoms with Gasteiger partial charge >= 0.3 is 5.97 Å². The van der Waals surface area contributed by atoms with Crippen LogP contribution in [0.25, 0.3) is 0 Å². The maximum Gasteiger partial charge on any atom is 0.306 e. The van der Waals surface area contributed by atoms with Crippen LogP contribution in [-0.2, 0) is 25.8 Å². The molecule has 0 spiro atoms. The molecule has 27 heavy (non-hydrogen) atoms. The molecule has 8 heteroatoms. The molecule has 1 aliphatic rings. The van der Waals surface area contributed by atoms with E-state index in [4.69, 9.17) is 4.74 Å². The highest BCUT2D eigenvalue weighted by atomic mass is 32.2. The van der Waals surface area contributed by atoms with Gasteiger partial charge in [0.2, 0.25) is 5.78 Å². The number of ketones is 1. The molecule has 0 aliphatic carbocycles. The van der Waals surface area contributed by atoms with Gasteiger partial charge < -0.3 is 9.30 Å². The van der Waals surface area contributed by atoms with Crippen molar-refractivity contribution in [2.75, 3.05) is 18.1 Å². The van der Waals surface area contributed by atoms with Crippen LogP contribution in [0, 0.1) is 13.8 Å². The molecular formula is C19H23NO5S2. The van der Waals surface area contributed by atoms with Crippen molar-refractivity contribution in [2.24, 2.45) is 0 Å². The number of aromatic nitrogens is 1. The van der Waals surface area contributed by atoms with Crippen molar-refractivity contribution in [1.29, 1.82) is 0 Å². The number of carbonyl (C=O) groups excluding carboxylic acids is 2. The summed E-state index contributed by atoms with van der Waals surface area (Å²) >= 11 is 1.58. The number of rotatable bonds is 7. The number of ether oxygens (including phenoxy) is 1. The van der Waals surface area contributed by atoms with Crippen molar-refractivity contribution in [1.82, 2.24) is 4.57 Å². The Bertz CT molecular complexity index is 941. The number of esters is 1. The monoisotopic (exact) mass is 409 g/mol. The largest absolute Gasteiger partial charge is 0.457 e. The van der Waals surface area contributed by atoms with Gasteiger partial charge in [-0.2, -0.15) is 11.3 Å². The van der Waals surface area contributed by atoms with Crippen LogP contribution in [0.2, 0.25) is 0 Å². The summed E-state index contributed by atoms with van der Waals surface area (Å²) in [7, 11) is -3.01. The zero-order valence-corrected chi connectivity index (χ0v) is 17.1. The van der Waals surface area contributed by atoms with E-state index in [-0.39, 0.29) is 36.4 Å². The van der Waals surface area contributed by atoms with Gasteiger partial charge in [-0.15, -0.1) is 0 Å². The van der Waals surface area contributed by atoms with Gasteiger partial charge in [0.1, 0.15) is 0 Å². The van der Waals surface area contributed by atoms with Crippen molar-refractivity contribution in [2.45, 2.75) is 39.2 Å². The number of nitrogens with zero attached hydrogens (tertiary/aromatic N) is 1. The van der Waals surface area contributed by atoms with E-state index in [9.17, 15) is 18.0 Å². The summed E-state index contributed by atoms with van der Waals surface area (Å²) in [5, 5.41) is 3.94. The van der Waals surface area contributed by atoms with Gasteiger partial charge in [-0.05, 0) is 55.1 Å². The number of hydrogen-bond donors (Lipinski definition) is 0. The zero-order valence-electron chi connectivity index (χ0n) is 15.4. The maximum atomic E-state index is 12.5. The zero-order chi connectivity index (χ0) is 19.6. The average molecular weight is 410 g/mol. The normalized spacial score (nSPS) is 18.5. The second-order valence-electron chi connectivity index (χ2n) is 6.93. The first-order valence-electron chi connectivity index (χ1n) is 8.85. The van der Waals surface area contributed by atoms with Gasteiger partial charge in [0.05, 0.1) is 11.5 Å². The Kier molecular flexibility index (Phi) is 5.86. The molecule has 2 aromatic rings. The third-order valence-electron chi connectivity index (χ3n) is 4.92. The van der Waals surface area contributed by atoms with Crippen LogP contribution in [0.3, 0.4) is 0 Å². The predicted molar refractivity (Wildman–Crippen MR) is 104 cm³/mol. The second-order valence-corrected chi connectivity index (χ2v) is 9.94. The van der Waals surface area contributed by atoms with E-state index in [1.54, 1.807) is 17.4 Å². The molecule has 2 aromatic heterocycles. The Hall–Kier alpha value is -1.93. The number of aryl methyl sites for hydroxylation is 2. The quantitative estimate of drug-likeness (QED) is 0.519. The molecule has 0 unspecified atom stereocenters. The lowest BCUT2D eigenvalue weighted by Crippen LogP contribution is -2.17. The molecule has 0 amide bonds. The highest BCUT2D eigenvalue weighted by molar-refractivity contribution is 7.91. The summed E-state index contributed by atoms with van der Waals surface area (Å²) in [6.45, 7) is 3.38. The SMILES string of the molecule is Cc1cc(C(=O)COC(=O)CCc2ccsc2)c(C)n1[C@@H]1CCS(=O)(=O)C1. The number of sulfone groups is 1. The van der Waals surface area contributed by atoms with Crippen LogP contribution in [-0.4, -0.2) is 42.9 Å². The maximum absolute atomic E-state index is 12.5. The minimum absolute atomic E-state index is 0.106. The molecule has 0 radical (unpaired) electrons. The Labute approximate surface area is 163 Å². The second kappa shape index (κ2) is 7.98. The van der Waals surface area contributed by atoms with Crippen LogP contribution < -0.4 is 0 Å². The molecule has 1 atom stereocenters. The van der Waals surface area contributed by atoms with E-state index >= 15 is 0 Å². The van der Waals surface area contributed by atoms with Gasteiger partial charge in [0.25, 0.3) is 0 Å². The van der Waals surface area contributed by atoms with Gasteiger partial charge in [0.15, 0.2) is 16.4 Å². The van der Waals surface area contributed by atoms with E-state index in [1.807, 2.05) is 35.2 Å². The average Bonchev–Trinajstić information content (AvgIpc) is 3.31. The van der Waals surface area contributed by atoms with Crippen LogP contribution in [0.1, 0.15) is 46.2 Å². The van der Waals surface area contributed by atoms with Crippen molar-refractivity contribution in [3.05, 3.63) is 45.4 Å². The Balaban J connectivity index is 1.60. The van der Waals surface area contributed by atoms with Crippen LogP contribution >= 0.6 is 11.3 Å². The van der Waals surface area contributed by atoms with E-state index in [0.717, 1.165) is 17.0 Å². The van der Waals surface area contributed by atoms with Crippen LogP contribution in [0.5, 0.6) is 0 Å². The lowest BCUT2D eigenvalue weighted by atomic mass is 10.1. The molecule has 146 valence electrons. The molecular weight excluding hydrogens is 386 g/mol. The highest BCUT2D eigenvalue weighted by Gasteiger charge is 2.31. The van der Waals surface area contributed by atoms with Crippen LogP contribution in [0.15, 0.2) is 22.9 Å². The Morgan fingerprint density at radius 2 is 2.11 bits per heavy atom. The van der Waals surface area contributed by atoms with Crippen molar-refractivity contribution in [3.8, 4) is 0 Å². The molecule has 0 aromatic carbocycles. The Morgan fingerprint density at radius 3 is 2.74 bits per heavy atom. The molecule has 3 heterocycles. The third-order valence-corrected chi connectivity index (χ3v) is 7.40. The minimum Gasteiger partial charge on any atom is -0.457 e. The third kappa shape index (κ3) is 4.68. The molecule has 0 bridgehead atoms. The fourth-order valence-corrected chi connectivity index (χ4v) is 5.98. The number of hydrogen-bond acceptors (Lipinski definition) is 6. The summed E-state index contributed by atoms with van der Waals surface area (Å²) in [5.41, 5.74) is 3.15. The van der Waals surface area contributed by atoms with Crippen LogP contribution in [0.4, 0.5) is 0 Å². The molecule has 3 rings (SSSR count). The molecule has 1 saturated heterocycles. The van der Waals surface area contributed by atoms with Gasteiger partial charge in [-0.1, -0.05) is 0 Å². The molecule has 0 N–H and O–H groups in total. The smallest absolute Gasteiger partial charge is 0.306 e. The summed E-state index contributed by atoms with van der Waals surface area (Å²) in [6.07, 6.45) is 1.40. The van der Waals surface area contributed by atoms with Gasteiger partial charge in [0, 0.05) is 29.4 Å². The number of thiophene rings is 1. The summed E-state index contributed by atoms with van der Waals surface area (Å²) in [4.78, 5) is 24.4. The lowest BCUT2D eigenvalue weighted by molar-refractivity contribution is -0.142. The van der Waals surface area contributed by atoms with Crippen molar-refractivity contribution >= 4 is 32.9 Å². The molecule has 1 aliphatic heterocycles. The first kappa shape index (κ1) is 19.8. The molecule has 6 nitrogen and oxygen atoms in total. The van der Waals surface area contributed by atoms with E-state index < -0.39 is 15.8 Å². The number of Topliss-reactive ketones (excluding diaryl/α,β-unsaturated/α-hetero) is 1. The predicted octanol–water partition coefficient (Wildman–Crippen LogP) is 2.88. The minimum atomic E-state index is -3.01. The standard InChI is InChI=1S/C19H23NO5S2/c1-13-9-17(14(2)20(13)16-6-8-27(23,24)12-16)18(21)10-25-19(22)4-3-15-5-7-26-11-15/h5,7,9,11,16H,3-4,6,8,10,12H2,1-2H3/t16-/m1/s1. The summed E-state index contributed by atoms with van der Waals surface area (Å²) < 4.78 is 30.6. The molecule has 1 fully saturated rings. The van der Waals surface area contributed by atoms with Crippen molar-refractivity contribution < 1.29 is 22.7 Å². The first-order chi connectivity index (χ1) is 12.8. The van der Waals surface area contributed by atoms with E-state index in [1.165, 1.54) is 0 Å². The summed E-state index contributed by atoms with van der Waals surface area (Å²) in [5.74, 6) is -0.377. The van der Waals surface area contributed by atoms with Crippen molar-refractivity contribution in [3.63, 3.8) is 0 Å². The van der Waals surface area contributed by atoms with Gasteiger partial charge in [-0.25, -0.2) is 8.42 Å². The van der Waals surface area contributed by atoms with E-state index in [2.05, 4.69) is 0 Å². The Morgan fingerprint density at radius 1 is 1.33 bits per heavy atom. The fourth-order valence-electron chi connectivity index (χ4n) is 3.58. The summed E-state index contributed by atoms with van der Waals surface area (Å²) in [6, 6.07) is 3.58. The topological polar surface area (TPSA) is 82.4 Å². The fraction of sp³-hybridized carbons (Fsp3) is 0.474.